The van der Waals surface area contributed by atoms with Crippen LogP contribution in [0.3, 0.4) is 0 Å². The Labute approximate surface area is 107 Å². The molecule has 0 aliphatic heterocycles. The molecule has 17 heavy (non-hydrogen) atoms. The maximum absolute atomic E-state index is 4.35. The Bertz CT molecular complexity index is 668. The third-order valence-electron chi connectivity index (χ3n) is 2.53. The van der Waals surface area contributed by atoms with Gasteiger partial charge in [-0.2, -0.15) is 0 Å². The molecule has 0 saturated carbocycles. The van der Waals surface area contributed by atoms with Crippen molar-refractivity contribution < 1.29 is 0 Å². The molecule has 2 heterocycles. The van der Waals surface area contributed by atoms with Crippen LogP contribution in [0.15, 0.2) is 53.5 Å². The van der Waals surface area contributed by atoms with Crippen LogP contribution in [0.2, 0.25) is 0 Å². The molecule has 0 unspecified atom stereocenters. The quantitative estimate of drug-likeness (QED) is 0.687. The zero-order chi connectivity index (χ0) is 11.7. The van der Waals surface area contributed by atoms with Crippen LogP contribution in [-0.2, 0) is 0 Å². The van der Waals surface area contributed by atoms with Gasteiger partial charge in [-0.25, -0.2) is 9.97 Å². The van der Waals surface area contributed by atoms with E-state index in [-0.39, 0.29) is 0 Å². The van der Waals surface area contributed by atoms with Gasteiger partial charge >= 0.3 is 0 Å². The van der Waals surface area contributed by atoms with Crippen molar-refractivity contribution in [3.05, 3.63) is 53.5 Å². The Kier molecular flexibility index (Phi) is 2.57. The highest BCUT2D eigenvalue weighted by Gasteiger charge is 2.06. The van der Waals surface area contributed by atoms with Crippen LogP contribution in [-0.4, -0.2) is 15.0 Å². The van der Waals surface area contributed by atoms with Crippen molar-refractivity contribution in [1.29, 1.82) is 0 Å². The van der Waals surface area contributed by atoms with Gasteiger partial charge in [-0.1, -0.05) is 15.9 Å². The molecular weight excluding hydrogens is 278 g/mol. The van der Waals surface area contributed by atoms with Gasteiger partial charge in [0.25, 0.3) is 0 Å². The van der Waals surface area contributed by atoms with Gasteiger partial charge in [-0.05, 0) is 30.3 Å². The van der Waals surface area contributed by atoms with Gasteiger partial charge in [0.2, 0.25) is 0 Å². The lowest BCUT2D eigenvalue weighted by Crippen LogP contribution is -1.89. The fourth-order valence-electron chi connectivity index (χ4n) is 1.76. The Morgan fingerprint density at radius 2 is 2.00 bits per heavy atom. The third kappa shape index (κ3) is 1.91. The molecular formula is C13H8BrN3. The summed E-state index contributed by atoms with van der Waals surface area (Å²) in [4.78, 5) is 12.7. The summed E-state index contributed by atoms with van der Waals surface area (Å²) in [6.45, 7) is 0. The van der Waals surface area contributed by atoms with Crippen LogP contribution in [0.5, 0.6) is 0 Å². The van der Waals surface area contributed by atoms with Crippen LogP contribution in [0, 0.1) is 0 Å². The number of benzene rings is 1. The van der Waals surface area contributed by atoms with E-state index in [0.717, 1.165) is 26.6 Å². The second-order valence-electron chi connectivity index (χ2n) is 3.63. The summed E-state index contributed by atoms with van der Waals surface area (Å²) in [5.41, 5.74) is 2.84. The maximum Gasteiger partial charge on any atom is 0.116 e. The van der Waals surface area contributed by atoms with E-state index < -0.39 is 0 Å². The van der Waals surface area contributed by atoms with Gasteiger partial charge in [-0.3, -0.25) is 4.98 Å². The first kappa shape index (κ1) is 10.4. The molecule has 3 aromatic rings. The molecule has 3 nitrogen and oxygen atoms in total. The van der Waals surface area contributed by atoms with E-state index in [0.29, 0.717) is 0 Å². The number of nitrogens with zero attached hydrogens (tertiary/aromatic N) is 3. The molecule has 0 spiro atoms. The molecule has 0 atom stereocenters. The minimum absolute atomic E-state index is 0.907. The topological polar surface area (TPSA) is 38.7 Å². The lowest BCUT2D eigenvalue weighted by atomic mass is 10.1. The summed E-state index contributed by atoms with van der Waals surface area (Å²) in [7, 11) is 0. The first-order valence-electron chi connectivity index (χ1n) is 5.15. The van der Waals surface area contributed by atoms with E-state index in [2.05, 4.69) is 30.9 Å². The number of rotatable bonds is 1. The van der Waals surface area contributed by atoms with Gasteiger partial charge in [0.05, 0.1) is 11.2 Å². The number of aromatic nitrogens is 3. The van der Waals surface area contributed by atoms with Crippen LogP contribution in [0.1, 0.15) is 0 Å². The van der Waals surface area contributed by atoms with Crippen LogP contribution < -0.4 is 0 Å². The predicted octanol–water partition coefficient (Wildman–Crippen LogP) is 3.45. The summed E-state index contributed by atoms with van der Waals surface area (Å²) in [5, 5.41) is 1.02. The van der Waals surface area contributed by atoms with E-state index in [4.69, 9.17) is 0 Å². The normalized spacial score (nSPS) is 10.6. The van der Waals surface area contributed by atoms with Crippen LogP contribution in [0.4, 0.5) is 0 Å². The monoisotopic (exact) mass is 285 g/mol. The molecule has 0 amide bonds. The molecule has 82 valence electrons. The molecule has 0 bridgehead atoms. The molecule has 0 N–H and O–H groups in total. The fourth-order valence-corrected chi connectivity index (χ4v) is 2.12. The van der Waals surface area contributed by atoms with Gasteiger partial charge < -0.3 is 0 Å². The minimum Gasteiger partial charge on any atom is -0.264 e. The summed E-state index contributed by atoms with van der Waals surface area (Å²) in [6.07, 6.45) is 5.14. The number of halogens is 1. The van der Waals surface area contributed by atoms with Crippen molar-refractivity contribution in [1.82, 2.24) is 15.0 Å². The Morgan fingerprint density at radius 1 is 1.06 bits per heavy atom. The van der Waals surface area contributed by atoms with Gasteiger partial charge in [-0.15, -0.1) is 0 Å². The smallest absolute Gasteiger partial charge is 0.116 e. The average Bonchev–Trinajstić information content (AvgIpc) is 2.39. The SMILES string of the molecule is Brc1ccc2ncnc(-c3cccnc3)c2c1. The Hall–Kier alpha value is -1.81. The largest absolute Gasteiger partial charge is 0.264 e. The second kappa shape index (κ2) is 4.22. The van der Waals surface area contributed by atoms with Crippen molar-refractivity contribution >= 4 is 26.8 Å². The molecule has 0 radical (unpaired) electrons. The van der Waals surface area contributed by atoms with Crippen molar-refractivity contribution in [2.45, 2.75) is 0 Å². The highest BCUT2D eigenvalue weighted by atomic mass is 79.9. The summed E-state index contributed by atoms with van der Waals surface area (Å²) < 4.78 is 1.02. The first-order chi connectivity index (χ1) is 8.34. The Balaban J connectivity index is 2.33. The van der Waals surface area contributed by atoms with Crippen molar-refractivity contribution in [2.75, 3.05) is 0 Å². The number of fused-ring (bicyclic) bond motifs is 1. The summed E-state index contributed by atoms with van der Waals surface area (Å²) in [5.74, 6) is 0. The molecule has 0 fully saturated rings. The molecule has 0 saturated heterocycles. The highest BCUT2D eigenvalue weighted by molar-refractivity contribution is 9.10. The third-order valence-corrected chi connectivity index (χ3v) is 3.03. The highest BCUT2D eigenvalue weighted by Crippen LogP contribution is 2.26. The van der Waals surface area contributed by atoms with Gasteiger partial charge in [0.15, 0.2) is 0 Å². The van der Waals surface area contributed by atoms with Crippen molar-refractivity contribution in [3.8, 4) is 11.3 Å². The lowest BCUT2D eigenvalue weighted by molar-refractivity contribution is 1.21. The van der Waals surface area contributed by atoms with E-state index in [1.165, 1.54) is 0 Å². The van der Waals surface area contributed by atoms with Crippen molar-refractivity contribution in [2.24, 2.45) is 0 Å². The zero-order valence-corrected chi connectivity index (χ0v) is 10.4. The summed E-state index contributed by atoms with van der Waals surface area (Å²) in [6, 6.07) is 9.87. The summed E-state index contributed by atoms with van der Waals surface area (Å²) >= 11 is 3.47. The van der Waals surface area contributed by atoms with Gasteiger partial charge in [0.1, 0.15) is 6.33 Å². The van der Waals surface area contributed by atoms with E-state index in [9.17, 15) is 0 Å². The van der Waals surface area contributed by atoms with Crippen LogP contribution in [0.25, 0.3) is 22.2 Å². The zero-order valence-electron chi connectivity index (χ0n) is 8.84. The second-order valence-corrected chi connectivity index (χ2v) is 4.54. The maximum atomic E-state index is 4.35. The molecule has 4 heteroatoms. The van der Waals surface area contributed by atoms with E-state index in [1.807, 2.05) is 36.5 Å². The fraction of sp³-hybridized carbons (Fsp3) is 0. The van der Waals surface area contributed by atoms with Gasteiger partial charge in [0, 0.05) is 27.8 Å². The first-order valence-corrected chi connectivity index (χ1v) is 5.94. The molecule has 2 aromatic heterocycles. The molecule has 1 aromatic carbocycles. The number of hydrogen-bond acceptors (Lipinski definition) is 3. The van der Waals surface area contributed by atoms with Crippen molar-refractivity contribution in [3.63, 3.8) is 0 Å². The van der Waals surface area contributed by atoms with E-state index >= 15 is 0 Å². The average molecular weight is 286 g/mol. The standard InChI is InChI=1S/C13H8BrN3/c14-10-3-4-12-11(6-10)13(17-8-16-12)9-2-1-5-15-7-9/h1-8H. The van der Waals surface area contributed by atoms with Crippen LogP contribution >= 0.6 is 15.9 Å². The Morgan fingerprint density at radius 3 is 2.82 bits per heavy atom. The molecule has 3 rings (SSSR count). The predicted molar refractivity (Wildman–Crippen MR) is 70.5 cm³/mol. The molecule has 0 aliphatic rings. The minimum atomic E-state index is 0.907. The lowest BCUT2D eigenvalue weighted by Gasteiger charge is -2.04. The van der Waals surface area contributed by atoms with E-state index in [1.54, 1.807) is 12.5 Å². The molecule has 0 aliphatic carbocycles. The number of hydrogen-bond donors (Lipinski definition) is 0. The number of pyridine rings is 1.